The van der Waals surface area contributed by atoms with Crippen LogP contribution in [0.15, 0.2) is 48.5 Å². The molecule has 2 rings (SSSR count). The lowest BCUT2D eigenvalue weighted by Crippen LogP contribution is -2.29. The number of primary amides is 1. The fraction of sp³-hybridized carbons (Fsp3) is 0.111. The molecular weight excluding hydrogens is 311 g/mol. The maximum atomic E-state index is 13.3. The van der Waals surface area contributed by atoms with Crippen LogP contribution < -0.4 is 15.8 Å². The van der Waals surface area contributed by atoms with Gasteiger partial charge in [0.25, 0.3) is 5.91 Å². The highest BCUT2D eigenvalue weighted by molar-refractivity contribution is 5.92. The summed E-state index contributed by atoms with van der Waals surface area (Å²) in [7, 11) is 0. The zero-order valence-electron chi connectivity index (χ0n) is 12.7. The van der Waals surface area contributed by atoms with E-state index in [1.807, 2.05) is 0 Å². The summed E-state index contributed by atoms with van der Waals surface area (Å²) in [5, 5.41) is 2.54. The number of para-hydroxylation sites is 1. The van der Waals surface area contributed by atoms with Gasteiger partial charge in [0.15, 0.2) is 18.2 Å². The molecule has 6 heteroatoms. The van der Waals surface area contributed by atoms with Gasteiger partial charge in [-0.05, 0) is 36.4 Å². The Labute approximate surface area is 138 Å². The fourth-order valence-electron chi connectivity index (χ4n) is 1.76. The number of nitrogens with two attached hydrogens (primary N) is 1. The van der Waals surface area contributed by atoms with Crippen LogP contribution in [0.5, 0.6) is 5.75 Å². The SMILES string of the molecule is NC(=O)c1ccc(C#CCNC(=O)COc2ccccc2F)cc1. The second kappa shape index (κ2) is 8.34. The number of rotatable bonds is 5. The lowest BCUT2D eigenvalue weighted by atomic mass is 10.1. The van der Waals surface area contributed by atoms with Gasteiger partial charge in [0.2, 0.25) is 5.91 Å². The molecule has 0 aromatic heterocycles. The number of nitrogens with one attached hydrogen (secondary N) is 1. The molecule has 0 unspecified atom stereocenters. The van der Waals surface area contributed by atoms with Crippen LogP contribution in [0, 0.1) is 17.7 Å². The average molecular weight is 326 g/mol. The van der Waals surface area contributed by atoms with Gasteiger partial charge in [-0.2, -0.15) is 0 Å². The third kappa shape index (κ3) is 5.14. The second-order valence-corrected chi connectivity index (χ2v) is 4.74. The maximum Gasteiger partial charge on any atom is 0.258 e. The molecule has 0 heterocycles. The zero-order valence-corrected chi connectivity index (χ0v) is 12.7. The van der Waals surface area contributed by atoms with Crippen LogP contribution in [-0.4, -0.2) is 25.0 Å². The fourth-order valence-corrected chi connectivity index (χ4v) is 1.76. The van der Waals surface area contributed by atoms with Crippen molar-refractivity contribution >= 4 is 11.8 Å². The van der Waals surface area contributed by atoms with E-state index in [0.717, 1.165) is 0 Å². The van der Waals surface area contributed by atoms with Crippen molar-refractivity contribution in [3.8, 4) is 17.6 Å². The molecule has 0 radical (unpaired) electrons. The molecule has 0 aliphatic rings. The van der Waals surface area contributed by atoms with Crippen molar-refractivity contribution in [2.45, 2.75) is 0 Å². The number of carbonyl (C=O) groups is 2. The minimum absolute atomic E-state index is 0.0216. The lowest BCUT2D eigenvalue weighted by Gasteiger charge is -2.06. The third-order valence-corrected chi connectivity index (χ3v) is 2.97. The summed E-state index contributed by atoms with van der Waals surface area (Å²) in [5.41, 5.74) is 6.23. The summed E-state index contributed by atoms with van der Waals surface area (Å²) in [6.45, 7) is -0.174. The predicted octanol–water partition coefficient (Wildman–Crippen LogP) is 1.47. The molecule has 0 saturated heterocycles. The Morgan fingerprint density at radius 3 is 2.50 bits per heavy atom. The first-order chi connectivity index (χ1) is 11.6. The van der Waals surface area contributed by atoms with E-state index >= 15 is 0 Å². The number of hydrogen-bond acceptors (Lipinski definition) is 3. The molecule has 122 valence electrons. The summed E-state index contributed by atoms with van der Waals surface area (Å²) in [4.78, 5) is 22.5. The first-order valence-corrected chi connectivity index (χ1v) is 7.09. The van der Waals surface area contributed by atoms with Crippen molar-refractivity contribution in [2.24, 2.45) is 5.73 Å². The number of carbonyl (C=O) groups excluding carboxylic acids is 2. The first kappa shape index (κ1) is 17.0. The molecule has 0 spiro atoms. The van der Waals surface area contributed by atoms with Crippen LogP contribution in [0.25, 0.3) is 0 Å². The highest BCUT2D eigenvalue weighted by Gasteiger charge is 2.05. The van der Waals surface area contributed by atoms with Crippen LogP contribution >= 0.6 is 0 Å². The van der Waals surface area contributed by atoms with E-state index in [1.165, 1.54) is 18.2 Å². The average Bonchev–Trinajstić information content (AvgIpc) is 2.58. The Bertz CT molecular complexity index is 792. The number of amides is 2. The molecule has 0 bridgehead atoms. The third-order valence-electron chi connectivity index (χ3n) is 2.97. The second-order valence-electron chi connectivity index (χ2n) is 4.74. The largest absolute Gasteiger partial charge is 0.481 e. The topological polar surface area (TPSA) is 81.4 Å². The number of ether oxygens (including phenoxy) is 1. The molecule has 0 saturated carbocycles. The minimum Gasteiger partial charge on any atom is -0.481 e. The molecule has 0 aliphatic heterocycles. The van der Waals surface area contributed by atoms with Crippen molar-refractivity contribution in [3.63, 3.8) is 0 Å². The van der Waals surface area contributed by atoms with Crippen molar-refractivity contribution in [1.82, 2.24) is 5.32 Å². The van der Waals surface area contributed by atoms with Crippen LogP contribution in [0.4, 0.5) is 4.39 Å². The Morgan fingerprint density at radius 2 is 1.83 bits per heavy atom. The van der Waals surface area contributed by atoms with Gasteiger partial charge in [-0.3, -0.25) is 9.59 Å². The normalized spacial score (nSPS) is 9.54. The Balaban J connectivity index is 1.77. The van der Waals surface area contributed by atoms with Crippen molar-refractivity contribution in [3.05, 3.63) is 65.5 Å². The number of benzene rings is 2. The molecule has 0 aliphatic carbocycles. The lowest BCUT2D eigenvalue weighted by molar-refractivity contribution is -0.122. The van der Waals surface area contributed by atoms with E-state index in [4.69, 9.17) is 10.5 Å². The van der Waals surface area contributed by atoms with Gasteiger partial charge in [-0.25, -0.2) is 4.39 Å². The molecular formula is C18H15FN2O3. The Hall–Kier alpha value is -3.33. The Morgan fingerprint density at radius 1 is 1.12 bits per heavy atom. The van der Waals surface area contributed by atoms with Gasteiger partial charge in [-0.1, -0.05) is 24.0 Å². The van der Waals surface area contributed by atoms with Crippen molar-refractivity contribution in [1.29, 1.82) is 0 Å². The number of halogens is 1. The van der Waals surface area contributed by atoms with Gasteiger partial charge in [0, 0.05) is 11.1 Å². The smallest absolute Gasteiger partial charge is 0.258 e. The van der Waals surface area contributed by atoms with Gasteiger partial charge < -0.3 is 15.8 Å². The molecule has 2 aromatic carbocycles. The molecule has 24 heavy (non-hydrogen) atoms. The van der Waals surface area contributed by atoms with E-state index in [9.17, 15) is 14.0 Å². The molecule has 3 N–H and O–H groups in total. The minimum atomic E-state index is -0.524. The van der Waals surface area contributed by atoms with E-state index in [-0.39, 0.29) is 18.9 Å². The van der Waals surface area contributed by atoms with Crippen LogP contribution in [-0.2, 0) is 4.79 Å². The maximum absolute atomic E-state index is 13.3. The van der Waals surface area contributed by atoms with Crippen LogP contribution in [0.1, 0.15) is 15.9 Å². The summed E-state index contributed by atoms with van der Waals surface area (Å²) in [6, 6.07) is 12.3. The first-order valence-electron chi connectivity index (χ1n) is 7.09. The van der Waals surface area contributed by atoms with Gasteiger partial charge >= 0.3 is 0 Å². The molecule has 5 nitrogen and oxygen atoms in total. The molecule has 2 amide bonds. The highest BCUT2D eigenvalue weighted by Crippen LogP contribution is 2.14. The van der Waals surface area contributed by atoms with Gasteiger partial charge in [0.1, 0.15) is 0 Å². The van der Waals surface area contributed by atoms with Crippen LogP contribution in [0.3, 0.4) is 0 Å². The molecule has 0 atom stereocenters. The summed E-state index contributed by atoms with van der Waals surface area (Å²) >= 11 is 0. The monoisotopic (exact) mass is 326 g/mol. The number of hydrogen-bond donors (Lipinski definition) is 2. The van der Waals surface area contributed by atoms with E-state index < -0.39 is 17.6 Å². The van der Waals surface area contributed by atoms with Crippen LogP contribution in [0.2, 0.25) is 0 Å². The predicted molar refractivity (Wildman–Crippen MR) is 86.7 cm³/mol. The summed E-state index contributed by atoms with van der Waals surface area (Å²) in [6.07, 6.45) is 0. The van der Waals surface area contributed by atoms with Gasteiger partial charge in [-0.15, -0.1) is 0 Å². The molecule has 2 aromatic rings. The highest BCUT2D eigenvalue weighted by atomic mass is 19.1. The van der Waals surface area contributed by atoms with Crippen molar-refractivity contribution in [2.75, 3.05) is 13.2 Å². The van der Waals surface area contributed by atoms with E-state index in [1.54, 1.807) is 30.3 Å². The zero-order chi connectivity index (χ0) is 17.4. The standard InChI is InChI=1S/C18H15FN2O3/c19-15-5-1-2-6-16(15)24-12-17(22)21-11-3-4-13-7-9-14(10-8-13)18(20)23/h1-2,5-10H,11-12H2,(H2,20,23)(H,21,22). The van der Waals surface area contributed by atoms with E-state index in [0.29, 0.717) is 11.1 Å². The quantitative estimate of drug-likeness (QED) is 0.817. The van der Waals surface area contributed by atoms with E-state index in [2.05, 4.69) is 17.2 Å². The summed E-state index contributed by atoms with van der Waals surface area (Å²) in [5.74, 6) is 4.18. The Kier molecular flexibility index (Phi) is 5.92. The molecule has 0 fully saturated rings. The summed E-state index contributed by atoms with van der Waals surface area (Å²) < 4.78 is 18.4. The van der Waals surface area contributed by atoms with Gasteiger partial charge in [0.05, 0.1) is 6.54 Å². The van der Waals surface area contributed by atoms with Crippen molar-refractivity contribution < 1.29 is 18.7 Å².